The summed E-state index contributed by atoms with van der Waals surface area (Å²) in [5.41, 5.74) is 1.75. The van der Waals surface area contributed by atoms with Crippen molar-refractivity contribution >= 4 is 59.8 Å². The molecular formula is C37H36IN2O6P. The molecule has 0 amide bonds. The number of non-ortho nitro benzene ring substituents is 1. The first kappa shape index (κ1) is 34.0. The number of nitrogens with one attached hydrogen (secondary N) is 1. The van der Waals surface area contributed by atoms with Crippen LogP contribution in [-0.4, -0.2) is 36.2 Å². The molecule has 0 fully saturated rings. The Morgan fingerprint density at radius 2 is 1.23 bits per heavy atom. The quantitative estimate of drug-likeness (QED) is 0.0588. The van der Waals surface area contributed by atoms with Crippen LogP contribution >= 0.6 is 26.3 Å². The summed E-state index contributed by atoms with van der Waals surface area (Å²) in [4.78, 5) is 39.3. The zero-order valence-corrected chi connectivity index (χ0v) is 29.4. The number of nitro groups is 1. The Labute approximate surface area is 287 Å². The molecule has 47 heavy (non-hydrogen) atoms. The van der Waals surface area contributed by atoms with Gasteiger partial charge in [0.25, 0.3) is 0 Å². The Morgan fingerprint density at radius 1 is 0.766 bits per heavy atom. The fourth-order valence-corrected chi connectivity index (χ4v) is 14.9. The van der Waals surface area contributed by atoms with Gasteiger partial charge in [-0.05, 0) is 0 Å². The molecule has 1 heterocycles. The summed E-state index contributed by atoms with van der Waals surface area (Å²) in [6.45, 7) is 5.41. The topological polar surface area (TPSA) is 108 Å². The van der Waals surface area contributed by atoms with Crippen LogP contribution in [0.4, 0.5) is 5.69 Å². The Bertz CT molecular complexity index is 1760. The van der Waals surface area contributed by atoms with Crippen LogP contribution in [0.5, 0.6) is 0 Å². The fraction of sp³-hybridized carbons (Fsp3) is 0.189. The third-order valence-corrected chi connectivity index (χ3v) is 19.5. The van der Waals surface area contributed by atoms with Gasteiger partial charge in [-0.2, -0.15) is 0 Å². The van der Waals surface area contributed by atoms with Gasteiger partial charge in [-0.15, -0.1) is 0 Å². The number of benzene rings is 4. The number of carbonyl (C=O) groups excluding carboxylic acids is 2. The van der Waals surface area contributed by atoms with Gasteiger partial charge >= 0.3 is 289 Å². The molecule has 0 aromatic heterocycles. The number of carbonyl (C=O) groups is 2. The van der Waals surface area contributed by atoms with Crippen LogP contribution in [0.15, 0.2) is 138 Å². The van der Waals surface area contributed by atoms with Crippen molar-refractivity contribution in [2.24, 2.45) is 0 Å². The van der Waals surface area contributed by atoms with Gasteiger partial charge in [0.1, 0.15) is 0 Å². The normalized spacial score (nSPS) is 15.7. The number of halogens is 1. The van der Waals surface area contributed by atoms with Crippen molar-refractivity contribution in [1.29, 1.82) is 0 Å². The van der Waals surface area contributed by atoms with E-state index in [1.54, 1.807) is 32.9 Å². The molecule has 0 aliphatic carbocycles. The molecule has 1 N–H and O–H groups in total. The van der Waals surface area contributed by atoms with E-state index < -0.39 is 27.0 Å². The number of nitro benzene ring substituents is 1. The third-order valence-electron chi connectivity index (χ3n) is 8.39. The van der Waals surface area contributed by atoms with Crippen LogP contribution < -0.4 is 21.2 Å². The number of ether oxygens (including phenoxy) is 2. The molecule has 4 aromatic rings. The monoisotopic (exact) mass is 762 g/mol. The zero-order chi connectivity index (χ0) is 33.6. The van der Waals surface area contributed by atoms with Crippen LogP contribution in [0.2, 0.25) is 0 Å². The van der Waals surface area contributed by atoms with Gasteiger partial charge < -0.3 is 0 Å². The summed E-state index contributed by atoms with van der Waals surface area (Å²) in [5, 5.41) is 18.7. The van der Waals surface area contributed by atoms with Gasteiger partial charge in [-0.3, -0.25) is 0 Å². The molecule has 4 aromatic carbocycles. The summed E-state index contributed by atoms with van der Waals surface area (Å²) >= 11 is 2.64. The molecular weight excluding hydrogens is 726 g/mol. The average molecular weight is 763 g/mol. The van der Waals surface area contributed by atoms with E-state index >= 15 is 0 Å². The molecule has 0 saturated carbocycles. The van der Waals surface area contributed by atoms with Crippen LogP contribution in [0.1, 0.15) is 32.3 Å². The molecule has 1 unspecified atom stereocenters. The van der Waals surface area contributed by atoms with Gasteiger partial charge in [0.05, 0.1) is 0 Å². The second-order valence-corrected chi connectivity index (χ2v) is 21.7. The minimum absolute atomic E-state index is 0.0958. The van der Waals surface area contributed by atoms with E-state index in [9.17, 15) is 19.7 Å². The summed E-state index contributed by atoms with van der Waals surface area (Å²) in [7, 11) is 0. The zero-order valence-electron chi connectivity index (χ0n) is 26.4. The maximum absolute atomic E-state index is 14.2. The first-order valence-corrected chi connectivity index (χ1v) is 20.5. The third kappa shape index (κ3) is 6.34. The predicted octanol–water partition coefficient (Wildman–Crippen LogP) is 6.82. The summed E-state index contributed by atoms with van der Waals surface area (Å²) < 4.78 is 7.68. The molecule has 242 valence electrons. The van der Waals surface area contributed by atoms with E-state index in [4.69, 9.17) is 9.47 Å². The van der Waals surface area contributed by atoms with Gasteiger partial charge in [-0.25, -0.2) is 0 Å². The first-order chi connectivity index (χ1) is 22.6. The molecule has 5 rings (SSSR count). The number of hydrogen-bond donors (Lipinski definition) is 1. The van der Waals surface area contributed by atoms with Gasteiger partial charge in [0.2, 0.25) is 0 Å². The summed E-state index contributed by atoms with van der Waals surface area (Å²) in [6.07, 6.45) is 0.358. The van der Waals surface area contributed by atoms with Crippen molar-refractivity contribution in [3.63, 3.8) is 0 Å². The molecule has 0 radical (unpaired) electrons. The van der Waals surface area contributed by atoms with Crippen molar-refractivity contribution < 1.29 is 24.0 Å². The van der Waals surface area contributed by atoms with Crippen LogP contribution in [0.25, 0.3) is 0 Å². The summed E-state index contributed by atoms with van der Waals surface area (Å²) in [5.74, 6) is -2.22. The molecule has 0 bridgehead atoms. The maximum atomic E-state index is 14.2. The molecule has 0 saturated heterocycles. The van der Waals surface area contributed by atoms with Crippen molar-refractivity contribution in [2.75, 3.05) is 19.4 Å². The van der Waals surface area contributed by atoms with Gasteiger partial charge in [0, 0.05) is 0 Å². The predicted molar refractivity (Wildman–Crippen MR) is 196 cm³/mol. The Kier molecular flexibility index (Phi) is 10.3. The van der Waals surface area contributed by atoms with E-state index in [0.29, 0.717) is 23.1 Å². The number of nitrogens with zero attached hydrogens (tertiary/aromatic N) is 1. The van der Waals surface area contributed by atoms with Crippen molar-refractivity contribution in [2.45, 2.75) is 26.7 Å². The molecule has 0 spiro atoms. The van der Waals surface area contributed by atoms with Crippen molar-refractivity contribution in [1.82, 2.24) is 5.32 Å². The Balaban J connectivity index is 1.89. The number of hydrogen-bond acceptors (Lipinski definition) is 7. The van der Waals surface area contributed by atoms with E-state index in [2.05, 4.69) is 63.8 Å². The second-order valence-electron chi connectivity index (χ2n) is 11.1. The molecule has 1 aliphatic heterocycles. The number of esters is 2. The molecule has 10 heteroatoms. The standard InChI is InChI=1S/C37H36IN2O6P/c1-4-45-36(41)33-26(3)39-32(35(37(42)46-5-2)34(33)27-16-15-17-28(24-27)40(43)44)25-47(38,29-18-9-6-10-19-29,30-20-11-7-12-21-30)31-22-13-8-14-23-31/h6-24,34,39H,4-5,25H2,1-3H3. The number of allylic oxidation sites excluding steroid dienone is 2. The number of rotatable bonds is 11. The van der Waals surface area contributed by atoms with Crippen LogP contribution in [0, 0.1) is 10.1 Å². The SMILES string of the molecule is CCOC(=O)C1=C(C)NC(CP(I)(c2ccccc2)(c2ccccc2)c2ccccc2)=C(C(=O)OCC)C1c1cccc([N+](=O)[O-])c1. The number of dihydropyridines is 1. The Hall–Kier alpha value is -4.34. The molecule has 1 atom stereocenters. The van der Waals surface area contributed by atoms with Crippen LogP contribution in [-0.2, 0) is 19.1 Å². The summed E-state index contributed by atoms with van der Waals surface area (Å²) in [6, 6.07) is 36.9. The van der Waals surface area contributed by atoms with E-state index in [1.807, 2.05) is 54.6 Å². The van der Waals surface area contributed by atoms with Gasteiger partial charge in [0.15, 0.2) is 0 Å². The van der Waals surface area contributed by atoms with E-state index in [-0.39, 0.29) is 30.0 Å². The molecule has 1 aliphatic rings. The minimum atomic E-state index is -3.51. The Morgan fingerprint density at radius 3 is 1.68 bits per heavy atom. The molecule has 8 nitrogen and oxygen atoms in total. The van der Waals surface area contributed by atoms with E-state index in [0.717, 1.165) is 15.9 Å². The average Bonchev–Trinajstić information content (AvgIpc) is 3.09. The fourth-order valence-electron chi connectivity index (χ4n) is 6.34. The second kappa shape index (κ2) is 14.2. The first-order valence-electron chi connectivity index (χ1n) is 15.3. The van der Waals surface area contributed by atoms with Crippen molar-refractivity contribution in [3.8, 4) is 0 Å². The van der Waals surface area contributed by atoms with Gasteiger partial charge in [-0.1, -0.05) is 0 Å². The van der Waals surface area contributed by atoms with Crippen LogP contribution in [0.3, 0.4) is 0 Å². The van der Waals surface area contributed by atoms with Crippen molar-refractivity contribution in [3.05, 3.63) is 153 Å². The van der Waals surface area contributed by atoms with E-state index in [1.165, 1.54) is 12.1 Å².